The first kappa shape index (κ1) is 9.19. The maximum Gasteiger partial charge on any atom is 0 e. The fourth-order valence-electron chi connectivity index (χ4n) is 0. The van der Waals surface area contributed by atoms with Gasteiger partial charge in [0.25, 0.3) is 0 Å². The van der Waals surface area contributed by atoms with Crippen LogP contribution in [-0.4, -0.2) is 22.0 Å². The van der Waals surface area contributed by atoms with Crippen LogP contribution in [0.3, 0.4) is 0 Å². The summed E-state index contributed by atoms with van der Waals surface area (Å²) in [5, 5.41) is 0. The van der Waals surface area contributed by atoms with E-state index in [1.807, 2.05) is 0 Å². The fraction of sp³-hybridized carbons (Fsp3) is 0. The zero-order chi connectivity index (χ0) is 2.71. The monoisotopic (exact) mass is 308 g/mol. The van der Waals surface area contributed by atoms with Crippen LogP contribution in [0.25, 0.3) is 0 Å². The topological polar surface area (TPSA) is 17.1 Å². The molecule has 0 unspecified atom stereocenters. The van der Waals surface area contributed by atoms with E-state index < -0.39 is 22.0 Å². The molecular weight excluding hydrogens is 308 g/mol. The van der Waals surface area contributed by atoms with Crippen molar-refractivity contribution < 1.29 is 24.5 Å². The molecule has 0 rings (SSSR count). The van der Waals surface area contributed by atoms with Crippen molar-refractivity contribution in [2.75, 3.05) is 0 Å². The van der Waals surface area contributed by atoms with Crippen molar-refractivity contribution in [3.63, 3.8) is 0 Å². The molecule has 0 aromatic heterocycles. The summed E-state index contributed by atoms with van der Waals surface area (Å²) in [6, 6.07) is 0. The molecule has 0 aromatic rings. The van der Waals surface area contributed by atoms with Crippen molar-refractivity contribution in [3.8, 4) is 0 Å². The molecule has 0 amide bonds. The van der Waals surface area contributed by atoms with Gasteiger partial charge < -0.3 is 0 Å². The van der Waals surface area contributed by atoms with Crippen LogP contribution in [-0.2, 0) is 24.5 Å². The first-order valence-electron chi connectivity index (χ1n) is 0.352. The molecule has 0 aliphatic rings. The number of hydrogen-bond acceptors (Lipinski definition) is 1. The molecule has 0 aromatic carbocycles. The predicted molar refractivity (Wildman–Crippen MR) is 12.3 cm³/mol. The van der Waals surface area contributed by atoms with E-state index in [1.165, 1.54) is 0 Å². The van der Waals surface area contributed by atoms with Crippen LogP contribution in [0.4, 0.5) is 0 Å². The van der Waals surface area contributed by atoms with Crippen LogP contribution < -0.4 is 0 Å². The molecule has 0 heterocycles. The smallest absolute Gasteiger partial charge is 0 e. The first-order chi connectivity index (χ1) is 1.41. The summed E-state index contributed by atoms with van der Waals surface area (Å²) in [5.41, 5.74) is 0. The minimum absolute atomic E-state index is 0. The summed E-state index contributed by atoms with van der Waals surface area (Å²) in [6.07, 6.45) is 0. The van der Waals surface area contributed by atoms with Crippen molar-refractivity contribution in [2.24, 2.45) is 0 Å². The molecule has 0 saturated carbocycles. The van der Waals surface area contributed by atoms with E-state index in [0.29, 0.717) is 0 Å². The molecule has 1 nitrogen and oxygen atoms in total. The van der Waals surface area contributed by atoms with Crippen molar-refractivity contribution in [1.82, 2.24) is 0 Å². The minimum atomic E-state index is -1.61. The van der Waals surface area contributed by atoms with Crippen LogP contribution >= 0.6 is 8.51 Å². The molecule has 0 saturated heterocycles. The average molecular weight is 308 g/mol. The van der Waals surface area contributed by atoms with E-state index >= 15 is 0 Å². The first-order valence-corrected chi connectivity index (χ1v) is 6.05. The van der Waals surface area contributed by atoms with Crippen molar-refractivity contribution in [3.05, 3.63) is 0 Å². The summed E-state index contributed by atoms with van der Waals surface area (Å²) in [7, 11) is 4.62. The molecule has 0 aliphatic heterocycles. The van der Waals surface area contributed by atoms with Gasteiger partial charge in [-0.2, -0.15) is 0 Å². The van der Waals surface area contributed by atoms with Gasteiger partial charge in [-0.3, -0.25) is 0 Å². The number of rotatable bonds is 0. The molecule has 0 fully saturated rings. The molecule has 0 spiro atoms. The Morgan fingerprint density at radius 1 is 1.75 bits per heavy atom. The van der Waals surface area contributed by atoms with E-state index in [2.05, 4.69) is 8.51 Å². The van der Waals surface area contributed by atoms with E-state index in [0.717, 1.165) is 0 Å². The van der Waals surface area contributed by atoms with Crippen molar-refractivity contribution in [1.29, 1.82) is 0 Å². The molecule has 4 heteroatoms. The van der Waals surface area contributed by atoms with E-state index in [9.17, 15) is 0 Å². The average Bonchev–Trinajstić information content (AvgIpc) is 0.918. The van der Waals surface area contributed by atoms with Crippen LogP contribution in [0.5, 0.6) is 0 Å². The van der Waals surface area contributed by atoms with Crippen LogP contribution in [0, 0.1) is 0 Å². The summed E-state index contributed by atoms with van der Waals surface area (Å²) in [6.45, 7) is 0. The maximum atomic E-state index is 8.88. The molecule has 22 valence electrons. The van der Waals surface area contributed by atoms with Crippen molar-refractivity contribution >= 4 is 30.6 Å². The van der Waals surface area contributed by atoms with Crippen molar-refractivity contribution in [2.45, 2.75) is 0 Å². The summed E-state index contributed by atoms with van der Waals surface area (Å²) in [4.78, 5) is 0. The summed E-state index contributed by atoms with van der Waals surface area (Å²) >= 11 is -1.61. The van der Waals surface area contributed by atoms with Gasteiger partial charge >= 0.3 is 33.4 Å². The van der Waals surface area contributed by atoms with Gasteiger partial charge in [-0.1, -0.05) is 0 Å². The second-order valence-electron chi connectivity index (χ2n) is 0.0690. The Morgan fingerprint density at radius 3 is 1.75 bits per heavy atom. The largest absolute Gasteiger partial charge is 0 e. The molecule has 0 atom stereocenters. The second kappa shape index (κ2) is 8.82. The molecule has 0 bridgehead atoms. The maximum absolute atomic E-state index is 8.88. The van der Waals surface area contributed by atoms with Gasteiger partial charge in [-0.05, 0) is 0 Å². The predicted octanol–water partition coefficient (Wildman–Crippen LogP) is 0.187. The third kappa shape index (κ3) is 9.35. The second-order valence-corrected chi connectivity index (χ2v) is 1.82. The fourth-order valence-corrected chi connectivity index (χ4v) is 0. The third-order valence-electron chi connectivity index (χ3n) is 0. The van der Waals surface area contributed by atoms with Gasteiger partial charge in [0.05, 0.1) is 0 Å². The molecule has 4 heavy (non-hydrogen) atoms. The minimum Gasteiger partial charge on any atom is 0 e. The summed E-state index contributed by atoms with van der Waals surface area (Å²) in [5.74, 6) is 0. The van der Waals surface area contributed by atoms with Gasteiger partial charge in [0.1, 0.15) is 0 Å². The van der Waals surface area contributed by atoms with Crippen LogP contribution in [0.1, 0.15) is 0 Å². The van der Waals surface area contributed by atoms with E-state index in [-0.39, 0.29) is 21.7 Å². The molecule has 0 radical (unpaired) electrons. The quantitative estimate of drug-likeness (QED) is 0.584. The third-order valence-corrected chi connectivity index (χ3v) is 0. The SMILES string of the molecule is [O]=[Bi][Cl].[Ti]. The van der Waals surface area contributed by atoms with Gasteiger partial charge in [0, 0.05) is 21.7 Å². The normalized spacial score (nSPS) is 3.25. The Balaban J connectivity index is 0. The Morgan fingerprint density at radius 2 is 1.75 bits per heavy atom. The Bertz CT molecular complexity index is 15.5. The van der Waals surface area contributed by atoms with Gasteiger partial charge in [0.2, 0.25) is 0 Å². The van der Waals surface area contributed by atoms with E-state index in [1.54, 1.807) is 0 Å². The van der Waals surface area contributed by atoms with Gasteiger partial charge in [-0.25, -0.2) is 0 Å². The van der Waals surface area contributed by atoms with Crippen LogP contribution in [0.15, 0.2) is 0 Å². The number of halogens is 1. The molecule has 0 aliphatic carbocycles. The molecular formula is BiClOTi. The Kier molecular flexibility index (Phi) is 20.3. The number of hydrogen-bond donors (Lipinski definition) is 0. The Hall–Kier alpha value is 1.69. The summed E-state index contributed by atoms with van der Waals surface area (Å²) < 4.78 is 8.88. The zero-order valence-corrected chi connectivity index (χ0v) is 7.53. The zero-order valence-electron chi connectivity index (χ0n) is 1.73. The standard InChI is InChI=1S/Bi.ClH.O.Ti/h;1H;;/q+1;;;/p-1. The van der Waals surface area contributed by atoms with Gasteiger partial charge in [-0.15, -0.1) is 0 Å². The van der Waals surface area contributed by atoms with Crippen LogP contribution in [0.2, 0.25) is 0 Å². The molecule has 0 N–H and O–H groups in total. The Labute approximate surface area is 54.5 Å². The van der Waals surface area contributed by atoms with Gasteiger partial charge in [0.15, 0.2) is 0 Å². The van der Waals surface area contributed by atoms with E-state index in [4.69, 9.17) is 2.81 Å².